The van der Waals surface area contributed by atoms with Crippen molar-refractivity contribution in [2.75, 3.05) is 7.05 Å². The Labute approximate surface area is 174 Å². The van der Waals surface area contributed by atoms with Crippen molar-refractivity contribution < 1.29 is 17.6 Å². The fraction of sp³-hybridized carbons (Fsp3) is 0.267. The Kier molecular flexibility index (Phi) is 6.92. The number of hydrogen-bond donors (Lipinski definition) is 2. The van der Waals surface area contributed by atoms with Crippen LogP contribution in [-0.4, -0.2) is 27.6 Å². The summed E-state index contributed by atoms with van der Waals surface area (Å²) in [6.07, 6.45) is -0.459. The maximum absolute atomic E-state index is 13.0. The Hall–Kier alpha value is -2.02. The van der Waals surface area contributed by atoms with Crippen molar-refractivity contribution in [2.45, 2.75) is 19.3 Å². The van der Waals surface area contributed by atoms with Crippen LogP contribution < -0.4 is 10.6 Å². The first kappa shape index (κ1) is 21.3. The molecule has 0 amide bonds. The van der Waals surface area contributed by atoms with E-state index in [1.807, 2.05) is 0 Å². The first-order chi connectivity index (χ1) is 12.4. The van der Waals surface area contributed by atoms with E-state index in [0.717, 1.165) is 17.8 Å². The number of pyridine rings is 1. The zero-order valence-corrected chi connectivity index (χ0v) is 17.0. The largest absolute Gasteiger partial charge is 0.472 e. The molecule has 7 nitrogen and oxygen atoms in total. The van der Waals surface area contributed by atoms with E-state index in [2.05, 4.69) is 25.8 Å². The van der Waals surface area contributed by atoms with Gasteiger partial charge in [-0.2, -0.15) is 13.2 Å². The molecule has 0 radical (unpaired) electrons. The first-order valence-electron chi connectivity index (χ1n) is 7.44. The number of furan rings is 1. The summed E-state index contributed by atoms with van der Waals surface area (Å²) in [4.78, 5) is 4.04. The van der Waals surface area contributed by atoms with Gasteiger partial charge in [0, 0.05) is 25.4 Å². The summed E-state index contributed by atoms with van der Waals surface area (Å²) in [5.74, 6) is 0.709. The van der Waals surface area contributed by atoms with Gasteiger partial charge in [0.2, 0.25) is 0 Å². The number of rotatable bonds is 4. The highest BCUT2D eigenvalue weighted by Gasteiger charge is 2.32. The molecule has 3 rings (SSSR count). The van der Waals surface area contributed by atoms with Gasteiger partial charge in [-0.25, -0.2) is 0 Å². The Balaban J connectivity index is 0.00000261. The summed E-state index contributed by atoms with van der Waals surface area (Å²) in [6, 6.07) is 2.63. The smallest absolute Gasteiger partial charge is 0.417 e. The van der Waals surface area contributed by atoms with E-state index in [0.29, 0.717) is 12.5 Å². The number of hydrogen-bond acceptors (Lipinski definition) is 4. The Morgan fingerprint density at radius 3 is 2.67 bits per heavy atom. The summed E-state index contributed by atoms with van der Waals surface area (Å²) >= 11 is 5.89. The predicted molar refractivity (Wildman–Crippen MR) is 104 cm³/mol. The Bertz CT molecular complexity index is 926. The molecular formula is C15H15ClF3IN6O. The van der Waals surface area contributed by atoms with Crippen LogP contribution in [0.25, 0.3) is 5.65 Å². The maximum Gasteiger partial charge on any atom is 0.417 e. The zero-order chi connectivity index (χ0) is 18.7. The number of alkyl halides is 3. The lowest BCUT2D eigenvalue weighted by Crippen LogP contribution is -2.36. The van der Waals surface area contributed by atoms with Gasteiger partial charge in [-0.3, -0.25) is 9.39 Å². The molecule has 0 aliphatic heterocycles. The van der Waals surface area contributed by atoms with Crippen LogP contribution in [0.5, 0.6) is 0 Å². The second-order valence-corrected chi connectivity index (χ2v) is 5.70. The lowest BCUT2D eigenvalue weighted by Gasteiger charge is -2.11. The van der Waals surface area contributed by atoms with Crippen molar-refractivity contribution in [3.05, 3.63) is 52.8 Å². The van der Waals surface area contributed by atoms with E-state index in [-0.39, 0.29) is 47.0 Å². The third kappa shape index (κ3) is 5.03. The molecule has 27 heavy (non-hydrogen) atoms. The van der Waals surface area contributed by atoms with Gasteiger partial charge in [-0.15, -0.1) is 34.2 Å². The van der Waals surface area contributed by atoms with E-state index in [1.54, 1.807) is 25.6 Å². The molecule has 3 aromatic heterocycles. The lowest BCUT2D eigenvalue weighted by atomic mass is 10.3. The molecule has 0 bridgehead atoms. The molecule has 0 spiro atoms. The van der Waals surface area contributed by atoms with E-state index in [9.17, 15) is 13.2 Å². The van der Waals surface area contributed by atoms with Crippen molar-refractivity contribution in [3.63, 3.8) is 0 Å². The summed E-state index contributed by atoms with van der Waals surface area (Å²) in [5.41, 5.74) is 0.193. The van der Waals surface area contributed by atoms with E-state index in [1.165, 1.54) is 4.40 Å². The molecule has 146 valence electrons. The van der Waals surface area contributed by atoms with Gasteiger partial charge in [0.1, 0.15) is 0 Å². The molecular weight excluding hydrogens is 500 g/mol. The van der Waals surface area contributed by atoms with Crippen LogP contribution >= 0.6 is 35.6 Å². The number of aliphatic imine (C=N–C) groups is 1. The highest BCUT2D eigenvalue weighted by atomic mass is 127. The fourth-order valence-electron chi connectivity index (χ4n) is 2.24. The molecule has 0 atom stereocenters. The highest BCUT2D eigenvalue weighted by Crippen LogP contribution is 2.32. The molecule has 3 heterocycles. The molecule has 3 aromatic rings. The van der Waals surface area contributed by atoms with E-state index >= 15 is 0 Å². The average Bonchev–Trinajstić information content (AvgIpc) is 3.24. The van der Waals surface area contributed by atoms with Crippen LogP contribution in [0.4, 0.5) is 13.2 Å². The van der Waals surface area contributed by atoms with Crippen molar-refractivity contribution >= 4 is 47.2 Å². The molecule has 0 saturated carbocycles. The maximum atomic E-state index is 13.0. The highest BCUT2D eigenvalue weighted by molar-refractivity contribution is 14.0. The minimum Gasteiger partial charge on any atom is -0.472 e. The van der Waals surface area contributed by atoms with E-state index < -0.39 is 11.7 Å². The van der Waals surface area contributed by atoms with Gasteiger partial charge < -0.3 is 15.1 Å². The predicted octanol–water partition coefficient (Wildman–Crippen LogP) is 3.48. The first-order valence-corrected chi connectivity index (χ1v) is 7.82. The minimum absolute atomic E-state index is 0. The Morgan fingerprint density at radius 2 is 2.04 bits per heavy atom. The van der Waals surface area contributed by atoms with Crippen LogP contribution in [-0.2, 0) is 19.3 Å². The van der Waals surface area contributed by atoms with Gasteiger partial charge in [0.15, 0.2) is 17.4 Å². The van der Waals surface area contributed by atoms with Crippen LogP contribution in [0.1, 0.15) is 17.0 Å². The lowest BCUT2D eigenvalue weighted by molar-refractivity contribution is -0.137. The number of nitrogens with zero attached hydrogens (tertiary/aromatic N) is 4. The summed E-state index contributed by atoms with van der Waals surface area (Å²) in [6.45, 7) is 0.574. The van der Waals surface area contributed by atoms with Gasteiger partial charge in [0.05, 0.1) is 29.7 Å². The van der Waals surface area contributed by atoms with Crippen LogP contribution in [0.3, 0.4) is 0 Å². The van der Waals surface area contributed by atoms with Crippen LogP contribution in [0, 0.1) is 0 Å². The SMILES string of the molecule is CN=C(NCc1ccoc1)NCc1nnc2c(Cl)cc(C(F)(F)F)cn12.I. The van der Waals surface area contributed by atoms with Gasteiger partial charge in [-0.1, -0.05) is 11.6 Å². The molecule has 0 aliphatic carbocycles. The average molecular weight is 515 g/mol. The van der Waals surface area contributed by atoms with Gasteiger partial charge in [0.25, 0.3) is 0 Å². The van der Waals surface area contributed by atoms with Gasteiger partial charge in [-0.05, 0) is 12.1 Å². The molecule has 0 aliphatic rings. The monoisotopic (exact) mass is 514 g/mol. The van der Waals surface area contributed by atoms with Crippen molar-refractivity contribution in [3.8, 4) is 0 Å². The Morgan fingerprint density at radius 1 is 1.30 bits per heavy atom. The third-order valence-electron chi connectivity index (χ3n) is 3.54. The van der Waals surface area contributed by atoms with Gasteiger partial charge >= 0.3 is 6.18 Å². The minimum atomic E-state index is -4.52. The number of fused-ring (bicyclic) bond motifs is 1. The summed E-state index contributed by atoms with van der Waals surface area (Å²) < 4.78 is 45.1. The normalized spacial score (nSPS) is 12.1. The zero-order valence-electron chi connectivity index (χ0n) is 13.9. The fourth-order valence-corrected chi connectivity index (χ4v) is 2.48. The third-order valence-corrected chi connectivity index (χ3v) is 3.81. The molecule has 0 saturated heterocycles. The van der Waals surface area contributed by atoms with Crippen molar-refractivity contribution in [2.24, 2.45) is 4.99 Å². The van der Waals surface area contributed by atoms with E-state index in [4.69, 9.17) is 16.0 Å². The quantitative estimate of drug-likeness (QED) is 0.317. The number of aromatic nitrogens is 3. The van der Waals surface area contributed by atoms with Crippen LogP contribution in [0.15, 0.2) is 40.3 Å². The van der Waals surface area contributed by atoms with Crippen LogP contribution in [0.2, 0.25) is 5.02 Å². The number of guanidine groups is 1. The molecule has 2 N–H and O–H groups in total. The molecule has 0 aromatic carbocycles. The molecule has 12 heteroatoms. The standard InChI is InChI=1S/C15H14ClF3N6O.HI/c1-20-14(21-5-9-2-3-26-8-9)22-6-12-23-24-13-11(16)4-10(7-25(12)13)15(17,18)19;/h2-4,7-8H,5-6H2,1H3,(H2,20,21,22);1H. The summed E-state index contributed by atoms with van der Waals surface area (Å²) in [7, 11) is 1.57. The second-order valence-electron chi connectivity index (χ2n) is 5.30. The number of nitrogens with one attached hydrogen (secondary N) is 2. The van der Waals surface area contributed by atoms with Crippen molar-refractivity contribution in [1.29, 1.82) is 0 Å². The van der Waals surface area contributed by atoms with Crippen molar-refractivity contribution in [1.82, 2.24) is 25.2 Å². The second kappa shape index (κ2) is 8.78. The number of halogens is 5. The molecule has 0 fully saturated rings. The topological polar surface area (TPSA) is 79.8 Å². The molecule has 0 unspecified atom stereocenters. The summed E-state index contributed by atoms with van der Waals surface area (Å²) in [5, 5.41) is 13.6.